The van der Waals surface area contributed by atoms with Crippen LogP contribution in [0.3, 0.4) is 0 Å². The van der Waals surface area contributed by atoms with Gasteiger partial charge in [-0.1, -0.05) is 44.5 Å². The summed E-state index contributed by atoms with van der Waals surface area (Å²) in [7, 11) is 0. The zero-order valence-electron chi connectivity index (χ0n) is 17.4. The Morgan fingerprint density at radius 3 is 1.70 bits per heavy atom. The molecule has 0 spiro atoms. The molecule has 5 nitrogen and oxygen atoms in total. The Bertz CT molecular complexity index is 560. The molecule has 2 aromatic carbocycles. The molecule has 142 valence electrons. The van der Waals surface area contributed by atoms with E-state index in [1.807, 2.05) is 6.92 Å². The van der Waals surface area contributed by atoms with Crippen molar-refractivity contribution in [2.45, 2.75) is 27.2 Å². The minimum Gasteiger partial charge on any atom is -1.00 e. The zero-order valence-corrected chi connectivity index (χ0v) is 22.7. The second-order valence-electron chi connectivity index (χ2n) is 4.21. The van der Waals surface area contributed by atoms with Crippen LogP contribution >= 0.6 is 0 Å². The molecule has 0 aliphatic heterocycles. The molecule has 27 heavy (non-hydrogen) atoms. The van der Waals surface area contributed by atoms with Crippen LogP contribution < -0.4 is 113 Å². The Balaban J connectivity index is -0.0000000890. The minimum absolute atomic E-state index is 0. The summed E-state index contributed by atoms with van der Waals surface area (Å²) in [5.74, 6) is -0.852. The van der Waals surface area contributed by atoms with Crippen molar-refractivity contribution in [1.29, 1.82) is 0 Å². The van der Waals surface area contributed by atoms with E-state index in [0.717, 1.165) is 0 Å². The first-order valence-electron chi connectivity index (χ1n) is 7.51. The number of hydrogen-bond acceptors (Lipinski definition) is 5. The molecule has 0 atom stereocenters. The molecule has 0 aliphatic carbocycles. The third kappa shape index (κ3) is 22.8. The predicted molar refractivity (Wildman–Crippen MR) is 89.9 cm³/mol. The number of carbonyl (C=O) groups is 1. The number of aromatic hydroxyl groups is 1. The van der Waals surface area contributed by atoms with Crippen LogP contribution in [0.1, 0.15) is 28.6 Å². The van der Waals surface area contributed by atoms with E-state index in [1.165, 1.54) is 30.7 Å². The quantitative estimate of drug-likeness (QED) is 0.254. The zero-order chi connectivity index (χ0) is 19.5. The third-order valence-electron chi connectivity index (χ3n) is 2.03. The molecule has 1 N–H and O–H groups in total. The fourth-order valence-corrected chi connectivity index (χ4v) is 1.17. The molecule has 2 aromatic rings. The van der Waals surface area contributed by atoms with Crippen LogP contribution in [-0.4, -0.2) is 18.2 Å². The van der Waals surface area contributed by atoms with Crippen LogP contribution in [-0.2, 0) is 9.68 Å². The molecule has 0 radical (unpaired) electrons. The van der Waals surface area contributed by atoms with E-state index in [1.54, 1.807) is 24.3 Å². The van der Waals surface area contributed by atoms with Crippen molar-refractivity contribution in [3.05, 3.63) is 60.2 Å². The largest absolute Gasteiger partial charge is 1.00 e. The van der Waals surface area contributed by atoms with Gasteiger partial charge in [0, 0.05) is 0 Å². The van der Waals surface area contributed by atoms with Crippen molar-refractivity contribution in [3.8, 4) is 11.5 Å². The van der Waals surface area contributed by atoms with Gasteiger partial charge in [-0.15, -0.1) is 0 Å². The molecule has 9 heteroatoms. The fraction of sp³-hybridized carbons (Fsp3) is 0.278. The van der Waals surface area contributed by atoms with E-state index < -0.39 is 5.82 Å². The number of benzene rings is 2. The van der Waals surface area contributed by atoms with E-state index >= 15 is 0 Å². The maximum absolute atomic E-state index is 12.7. The first kappa shape index (κ1) is 35.1. The van der Waals surface area contributed by atoms with Crippen LogP contribution in [0.15, 0.2) is 48.5 Å². The Morgan fingerprint density at radius 1 is 1.00 bits per heavy atom. The molecule has 0 amide bonds. The van der Waals surface area contributed by atoms with Crippen LogP contribution in [0, 0.1) is 11.6 Å². The summed E-state index contributed by atoms with van der Waals surface area (Å²) in [5, 5.41) is 17.0. The van der Waals surface area contributed by atoms with Crippen molar-refractivity contribution in [2.24, 2.45) is 0 Å². The van der Waals surface area contributed by atoms with Crippen molar-refractivity contribution in [3.63, 3.8) is 0 Å². The van der Waals surface area contributed by atoms with E-state index in [9.17, 15) is 8.78 Å². The SMILES string of the molecule is CCC.CCOc1ccccc1F.O=CO[O-].Oc1ccccc1F.[H-].[K+].[K+]. The average molecular weight is 437 g/mol. The monoisotopic (exact) mass is 436 g/mol. The maximum atomic E-state index is 12.7. The Morgan fingerprint density at radius 2 is 1.41 bits per heavy atom. The second-order valence-corrected chi connectivity index (χ2v) is 4.21. The molecule has 0 fully saturated rings. The standard InChI is InChI=1S/C8H9FO.C6H5FO.C3H8.CH2O3.2K.H/c1-2-10-8-6-4-3-5-7(8)9;7-5-3-1-2-4-6(5)8;1-3-2;2-1-4-3;;;/h3-6H,2H2,1H3;1-4,8H;3H2,1-2H3;1,3H;;;/q;;;;2*+1;-1/p-1. The fourth-order valence-electron chi connectivity index (χ4n) is 1.17. The number of phenols is 1. The van der Waals surface area contributed by atoms with Gasteiger partial charge in [0.1, 0.15) is 0 Å². The van der Waals surface area contributed by atoms with Crippen LogP contribution in [0.2, 0.25) is 0 Å². The number of rotatable bonds is 3. The average Bonchev–Trinajstić information content (AvgIpc) is 2.61. The van der Waals surface area contributed by atoms with Gasteiger partial charge in [-0.2, -0.15) is 0 Å². The first-order chi connectivity index (χ1) is 12.0. The number of para-hydroxylation sites is 2. The predicted octanol–water partition coefficient (Wildman–Crippen LogP) is -2.27. The number of phenolic OH excluding ortho intramolecular Hbond substituents is 1. The molecule has 0 bridgehead atoms. The number of hydrogen-bond donors (Lipinski definition) is 1. The van der Waals surface area contributed by atoms with Gasteiger partial charge in [0.15, 0.2) is 23.1 Å². The van der Waals surface area contributed by atoms with Crippen molar-refractivity contribution in [1.82, 2.24) is 0 Å². The van der Waals surface area contributed by atoms with E-state index in [-0.39, 0.29) is 122 Å². The van der Waals surface area contributed by atoms with Gasteiger partial charge >= 0.3 is 103 Å². The molecule has 0 saturated heterocycles. The molecule has 0 heterocycles. The van der Waals surface area contributed by atoms with Crippen molar-refractivity contribution in [2.75, 3.05) is 6.61 Å². The van der Waals surface area contributed by atoms with Gasteiger partial charge in [-0.3, -0.25) is 4.79 Å². The minimum atomic E-state index is -0.576. The summed E-state index contributed by atoms with van der Waals surface area (Å²) in [5.41, 5.74) is 0. The van der Waals surface area contributed by atoms with Crippen LogP contribution in [0.4, 0.5) is 8.78 Å². The van der Waals surface area contributed by atoms with Gasteiger partial charge in [-0.25, -0.2) is 8.78 Å². The Hall–Kier alpha value is 0.603. The summed E-state index contributed by atoms with van der Waals surface area (Å²) in [6, 6.07) is 12.0. The molecule has 2 rings (SSSR count). The van der Waals surface area contributed by atoms with E-state index in [4.69, 9.17) is 19.9 Å². The van der Waals surface area contributed by atoms with Crippen molar-refractivity contribution < 1.29 is 138 Å². The number of carbonyl (C=O) groups excluding carboxylic acids is 1. The molecule has 0 unspecified atom stereocenters. The summed E-state index contributed by atoms with van der Waals surface area (Å²) < 4.78 is 29.7. The molecular weight excluding hydrogens is 412 g/mol. The topological polar surface area (TPSA) is 78.8 Å². The van der Waals surface area contributed by atoms with Gasteiger partial charge in [0.05, 0.1) is 6.61 Å². The van der Waals surface area contributed by atoms with Gasteiger partial charge < -0.3 is 21.4 Å². The summed E-state index contributed by atoms with van der Waals surface area (Å²) in [4.78, 5) is 11.2. The number of ether oxygens (including phenoxy) is 1. The summed E-state index contributed by atoms with van der Waals surface area (Å²) >= 11 is 0. The van der Waals surface area contributed by atoms with Gasteiger partial charge in [-0.05, 0) is 31.2 Å². The molecular formula is C18H24F2K2O5. The summed E-state index contributed by atoms with van der Waals surface area (Å²) in [6.07, 6.45) is 1.25. The normalized spacial score (nSPS) is 7.63. The molecule has 0 aromatic heterocycles. The molecule has 0 aliphatic rings. The second kappa shape index (κ2) is 26.6. The van der Waals surface area contributed by atoms with Gasteiger partial charge in [0.2, 0.25) is 0 Å². The van der Waals surface area contributed by atoms with E-state index in [2.05, 4.69) is 18.7 Å². The smallest absolute Gasteiger partial charge is 1.00 e. The summed E-state index contributed by atoms with van der Waals surface area (Å²) in [6.45, 7) is 6.40. The maximum Gasteiger partial charge on any atom is 1.00 e. The number of halogens is 2. The molecule has 0 saturated carbocycles. The van der Waals surface area contributed by atoms with Crippen LogP contribution in [0.25, 0.3) is 0 Å². The van der Waals surface area contributed by atoms with E-state index in [0.29, 0.717) is 12.4 Å². The van der Waals surface area contributed by atoms with Crippen molar-refractivity contribution >= 4 is 6.47 Å². The Kier molecular flexibility index (Phi) is 34.5. The van der Waals surface area contributed by atoms with Gasteiger partial charge in [0.25, 0.3) is 6.47 Å². The Labute approximate surface area is 245 Å². The third-order valence-corrected chi connectivity index (χ3v) is 2.03. The first-order valence-corrected chi connectivity index (χ1v) is 7.51. The van der Waals surface area contributed by atoms with Crippen LogP contribution in [0.5, 0.6) is 11.5 Å².